The maximum absolute atomic E-state index is 12.8. The minimum atomic E-state index is -5.73. The molecule has 1 aliphatic heterocycles. The van der Waals surface area contributed by atoms with Gasteiger partial charge in [-0.05, 0) is 19.8 Å². The second kappa shape index (κ2) is 6.21. The number of nitrogens with zero attached hydrogens (tertiary/aromatic N) is 5. The summed E-state index contributed by atoms with van der Waals surface area (Å²) in [4.78, 5) is 16.0. The summed E-state index contributed by atoms with van der Waals surface area (Å²) in [5, 5.41) is 15.1. The first-order valence-electron chi connectivity index (χ1n) is 7.88. The van der Waals surface area contributed by atoms with Gasteiger partial charge in [0.05, 0.1) is 4.92 Å². The van der Waals surface area contributed by atoms with Crippen LogP contribution in [0.15, 0.2) is 6.20 Å². The van der Waals surface area contributed by atoms with Crippen molar-refractivity contribution in [3.63, 3.8) is 0 Å². The Bertz CT molecular complexity index is 1020. The average Bonchev–Trinajstić information content (AvgIpc) is 3.16. The van der Waals surface area contributed by atoms with Crippen LogP contribution in [0.2, 0.25) is 0 Å². The summed E-state index contributed by atoms with van der Waals surface area (Å²) >= 11 is 0. The largest absolute Gasteiger partial charge is 0.516 e. The highest BCUT2D eigenvalue weighted by Crippen LogP contribution is 2.38. The number of nitrogens with one attached hydrogen (secondary N) is 1. The normalized spacial score (nSPS) is 15.8. The molecule has 2 aromatic rings. The topological polar surface area (TPSA) is 123 Å². The van der Waals surface area contributed by atoms with E-state index in [1.165, 1.54) is 4.72 Å². The lowest BCUT2D eigenvalue weighted by Crippen LogP contribution is -2.32. The first-order chi connectivity index (χ1) is 12.5. The number of anilines is 2. The highest BCUT2D eigenvalue weighted by Gasteiger charge is 2.47. The van der Waals surface area contributed by atoms with E-state index in [1.807, 2.05) is 18.7 Å². The van der Waals surface area contributed by atoms with Crippen molar-refractivity contribution < 1.29 is 26.5 Å². The van der Waals surface area contributed by atoms with Gasteiger partial charge in [0, 0.05) is 18.2 Å². The van der Waals surface area contributed by atoms with Crippen molar-refractivity contribution in [1.82, 2.24) is 14.6 Å². The van der Waals surface area contributed by atoms with E-state index >= 15 is 0 Å². The lowest BCUT2D eigenvalue weighted by molar-refractivity contribution is -0.383. The zero-order valence-corrected chi connectivity index (χ0v) is 15.0. The van der Waals surface area contributed by atoms with E-state index in [9.17, 15) is 31.7 Å². The molecule has 1 N–H and O–H groups in total. The van der Waals surface area contributed by atoms with Crippen molar-refractivity contribution in [2.45, 2.75) is 38.2 Å². The van der Waals surface area contributed by atoms with Gasteiger partial charge in [-0.15, -0.1) is 0 Å². The van der Waals surface area contributed by atoms with Gasteiger partial charge in [0.1, 0.15) is 17.8 Å². The van der Waals surface area contributed by atoms with Crippen molar-refractivity contribution in [2.75, 3.05) is 16.2 Å². The summed E-state index contributed by atoms with van der Waals surface area (Å²) in [5.41, 5.74) is -6.22. The number of sulfonamides is 1. The molecule has 0 saturated heterocycles. The molecular formula is C13H15F3N6O4S. The molecule has 1 unspecified atom stereocenters. The quantitative estimate of drug-likeness (QED) is 0.593. The van der Waals surface area contributed by atoms with Crippen LogP contribution in [0, 0.1) is 10.1 Å². The van der Waals surface area contributed by atoms with Crippen molar-refractivity contribution >= 4 is 33.0 Å². The first-order valence-corrected chi connectivity index (χ1v) is 9.37. The first kappa shape index (κ1) is 19.1. The fourth-order valence-corrected chi connectivity index (χ4v) is 3.45. The molecule has 2 aromatic heterocycles. The molecule has 0 fully saturated rings. The number of halogens is 3. The zero-order chi connectivity index (χ0) is 20.1. The van der Waals surface area contributed by atoms with E-state index < -0.39 is 32.0 Å². The molecule has 3 heterocycles. The van der Waals surface area contributed by atoms with Gasteiger partial charge < -0.3 is 4.90 Å². The van der Waals surface area contributed by atoms with Gasteiger partial charge in [-0.1, -0.05) is 6.92 Å². The number of nitro groups is 1. The minimum absolute atomic E-state index is 0.0489. The molecule has 10 nitrogen and oxygen atoms in total. The standard InChI is InChI=1S/C13H15F3N6O4S/c1-3-7(2)20-5-4-8-10(19-27(25,26)13(14,15)16)18-11-9(22(23)24)6-17-21(11)12(8)20/h6-7H,3-5H2,1-2H3,(H,18,19). The van der Waals surface area contributed by atoms with E-state index in [1.54, 1.807) is 0 Å². The second-order valence-electron chi connectivity index (χ2n) is 6.04. The molecule has 27 heavy (non-hydrogen) atoms. The van der Waals surface area contributed by atoms with E-state index in [0.717, 1.165) is 10.7 Å². The van der Waals surface area contributed by atoms with Crippen LogP contribution in [0.25, 0.3) is 5.65 Å². The summed E-state index contributed by atoms with van der Waals surface area (Å²) in [6.07, 6.45) is 1.83. The van der Waals surface area contributed by atoms with E-state index in [-0.39, 0.29) is 23.7 Å². The van der Waals surface area contributed by atoms with Crippen LogP contribution in [-0.2, 0) is 16.4 Å². The summed E-state index contributed by atoms with van der Waals surface area (Å²) in [5.74, 6) is -0.286. The number of hydrogen-bond acceptors (Lipinski definition) is 7. The van der Waals surface area contributed by atoms with Crippen LogP contribution >= 0.6 is 0 Å². The van der Waals surface area contributed by atoms with Crippen molar-refractivity contribution in [3.05, 3.63) is 21.9 Å². The SMILES string of the molecule is CCC(C)N1CCc2c(NS(=O)(=O)C(F)(F)F)nc3c([N+](=O)[O-])cnn3c21. The monoisotopic (exact) mass is 408 g/mol. The maximum atomic E-state index is 12.8. The molecule has 0 bridgehead atoms. The molecule has 0 aliphatic carbocycles. The van der Waals surface area contributed by atoms with Crippen LogP contribution in [0.5, 0.6) is 0 Å². The third-order valence-electron chi connectivity index (χ3n) is 4.43. The van der Waals surface area contributed by atoms with Crippen molar-refractivity contribution in [1.29, 1.82) is 0 Å². The van der Waals surface area contributed by atoms with Gasteiger partial charge >= 0.3 is 21.2 Å². The zero-order valence-electron chi connectivity index (χ0n) is 14.2. The predicted molar refractivity (Wildman–Crippen MR) is 89.0 cm³/mol. The van der Waals surface area contributed by atoms with Gasteiger partial charge in [0.25, 0.3) is 0 Å². The highest BCUT2D eigenvalue weighted by molar-refractivity contribution is 7.93. The summed E-state index contributed by atoms with van der Waals surface area (Å²) < 4.78 is 64.0. The second-order valence-corrected chi connectivity index (χ2v) is 7.71. The third kappa shape index (κ3) is 3.02. The van der Waals surface area contributed by atoms with E-state index in [2.05, 4.69) is 10.1 Å². The molecular weight excluding hydrogens is 393 g/mol. The van der Waals surface area contributed by atoms with Gasteiger partial charge in [-0.3, -0.25) is 14.8 Å². The van der Waals surface area contributed by atoms with Gasteiger partial charge in [0.15, 0.2) is 0 Å². The van der Waals surface area contributed by atoms with E-state index in [0.29, 0.717) is 18.8 Å². The molecule has 0 amide bonds. The predicted octanol–water partition coefficient (Wildman–Crippen LogP) is 2.06. The van der Waals surface area contributed by atoms with Crippen molar-refractivity contribution in [3.8, 4) is 0 Å². The van der Waals surface area contributed by atoms with Crippen LogP contribution in [0.4, 0.5) is 30.5 Å². The summed E-state index contributed by atoms with van der Waals surface area (Å²) in [7, 11) is -5.73. The maximum Gasteiger partial charge on any atom is 0.516 e. The molecule has 3 rings (SSSR count). The lowest BCUT2D eigenvalue weighted by atomic mass is 10.2. The highest BCUT2D eigenvalue weighted by atomic mass is 32.2. The summed E-state index contributed by atoms with van der Waals surface area (Å²) in [6.45, 7) is 4.16. The fourth-order valence-electron chi connectivity index (χ4n) is 2.91. The average molecular weight is 408 g/mol. The lowest BCUT2D eigenvalue weighted by Gasteiger charge is -2.26. The number of fused-ring (bicyclic) bond motifs is 3. The third-order valence-corrected chi connectivity index (χ3v) is 5.50. The molecule has 0 spiro atoms. The van der Waals surface area contributed by atoms with Gasteiger partial charge in [0.2, 0.25) is 5.65 Å². The van der Waals surface area contributed by atoms with Crippen LogP contribution in [0.3, 0.4) is 0 Å². The molecule has 0 saturated carbocycles. The Morgan fingerprint density at radius 1 is 1.44 bits per heavy atom. The Morgan fingerprint density at radius 3 is 2.67 bits per heavy atom. The number of alkyl halides is 3. The molecule has 0 radical (unpaired) electrons. The Hall–Kier alpha value is -2.64. The molecule has 148 valence electrons. The van der Waals surface area contributed by atoms with E-state index in [4.69, 9.17) is 0 Å². The number of rotatable bonds is 5. The summed E-state index contributed by atoms with van der Waals surface area (Å²) in [6, 6.07) is -0.0489. The minimum Gasteiger partial charge on any atom is -0.353 e. The molecule has 1 aliphatic rings. The Balaban J connectivity index is 2.27. The smallest absolute Gasteiger partial charge is 0.353 e. The fraction of sp³-hybridized carbons (Fsp3) is 0.538. The Kier molecular flexibility index (Phi) is 4.40. The van der Waals surface area contributed by atoms with Crippen molar-refractivity contribution in [2.24, 2.45) is 0 Å². The molecule has 1 atom stereocenters. The Labute approximate surface area is 151 Å². The Morgan fingerprint density at radius 2 is 2.11 bits per heavy atom. The molecule has 14 heteroatoms. The van der Waals surface area contributed by atoms with Gasteiger partial charge in [-0.25, -0.2) is 4.98 Å². The number of aromatic nitrogens is 3. The van der Waals surface area contributed by atoms with Crippen LogP contribution < -0.4 is 9.62 Å². The number of hydrogen-bond donors (Lipinski definition) is 1. The van der Waals surface area contributed by atoms with Crippen LogP contribution in [0.1, 0.15) is 25.8 Å². The van der Waals surface area contributed by atoms with Gasteiger partial charge in [-0.2, -0.15) is 31.2 Å². The van der Waals surface area contributed by atoms with Crippen LogP contribution in [-0.4, -0.2) is 46.0 Å². The molecule has 0 aromatic carbocycles.